The zero-order valence-electron chi connectivity index (χ0n) is 20.5. The number of pyridine rings is 1. The van der Waals surface area contributed by atoms with Crippen LogP contribution in [0.2, 0.25) is 10.0 Å². The first-order valence-corrected chi connectivity index (χ1v) is 12.9. The number of hydrogen-bond donors (Lipinski definition) is 1. The SMILES string of the molecule is Cc1cc([C@H]2[C@@H](c3ccccn3)NC(=S)N2c2ccc(N(C)C)cc2)c(C)n1-c1cccc(Cl)c1Cl. The fourth-order valence-electron chi connectivity index (χ4n) is 4.98. The average molecular weight is 537 g/mol. The lowest BCUT2D eigenvalue weighted by atomic mass is 9.96. The maximum atomic E-state index is 6.64. The summed E-state index contributed by atoms with van der Waals surface area (Å²) in [6, 6.07) is 22.1. The van der Waals surface area contributed by atoms with Crippen molar-refractivity contribution in [3.8, 4) is 5.69 Å². The summed E-state index contributed by atoms with van der Waals surface area (Å²) in [4.78, 5) is 8.96. The summed E-state index contributed by atoms with van der Waals surface area (Å²) >= 11 is 18.9. The van der Waals surface area contributed by atoms with Crippen LogP contribution in [0.25, 0.3) is 5.69 Å². The zero-order chi connectivity index (χ0) is 25.6. The quantitative estimate of drug-likeness (QED) is 0.277. The van der Waals surface area contributed by atoms with Gasteiger partial charge in [-0.3, -0.25) is 4.98 Å². The number of aryl methyl sites for hydroxylation is 1. The minimum atomic E-state index is -0.129. The van der Waals surface area contributed by atoms with Gasteiger partial charge < -0.3 is 19.7 Å². The maximum absolute atomic E-state index is 6.64. The van der Waals surface area contributed by atoms with Crippen LogP contribution in [0.4, 0.5) is 11.4 Å². The van der Waals surface area contributed by atoms with Crippen molar-refractivity contribution in [1.29, 1.82) is 0 Å². The average Bonchev–Trinajstić information content (AvgIpc) is 3.36. The van der Waals surface area contributed by atoms with Crippen LogP contribution in [-0.2, 0) is 0 Å². The Hall–Kier alpha value is -3.06. The van der Waals surface area contributed by atoms with Crippen LogP contribution in [0.5, 0.6) is 0 Å². The molecule has 1 aliphatic heterocycles. The van der Waals surface area contributed by atoms with E-state index in [2.05, 4.69) is 68.8 Å². The molecule has 1 aliphatic rings. The van der Waals surface area contributed by atoms with Gasteiger partial charge in [-0.15, -0.1) is 0 Å². The van der Waals surface area contributed by atoms with Gasteiger partial charge in [0, 0.05) is 43.1 Å². The highest BCUT2D eigenvalue weighted by Crippen LogP contribution is 2.44. The van der Waals surface area contributed by atoms with Crippen molar-refractivity contribution < 1.29 is 0 Å². The molecule has 2 aromatic carbocycles. The summed E-state index contributed by atoms with van der Waals surface area (Å²) in [5, 5.41) is 5.28. The molecule has 5 rings (SSSR count). The van der Waals surface area contributed by atoms with Crippen LogP contribution < -0.4 is 15.1 Å². The predicted molar refractivity (Wildman–Crippen MR) is 154 cm³/mol. The second-order valence-electron chi connectivity index (χ2n) is 9.14. The molecule has 8 heteroatoms. The van der Waals surface area contributed by atoms with E-state index in [-0.39, 0.29) is 12.1 Å². The topological polar surface area (TPSA) is 36.3 Å². The van der Waals surface area contributed by atoms with Crippen LogP contribution in [0.1, 0.15) is 34.7 Å². The highest BCUT2D eigenvalue weighted by atomic mass is 35.5. The molecule has 0 radical (unpaired) electrons. The van der Waals surface area contributed by atoms with Gasteiger partial charge in [-0.25, -0.2) is 0 Å². The molecule has 1 N–H and O–H groups in total. The molecule has 4 aromatic rings. The monoisotopic (exact) mass is 535 g/mol. The normalized spacial score (nSPS) is 17.4. The molecule has 3 heterocycles. The fourth-order valence-corrected chi connectivity index (χ4v) is 5.71. The minimum Gasteiger partial charge on any atom is -0.378 e. The van der Waals surface area contributed by atoms with Gasteiger partial charge in [-0.2, -0.15) is 0 Å². The van der Waals surface area contributed by atoms with Crippen LogP contribution in [0, 0.1) is 13.8 Å². The van der Waals surface area contributed by atoms with E-state index in [9.17, 15) is 0 Å². The molecular formula is C28H27Cl2N5S. The molecule has 0 bridgehead atoms. The number of benzene rings is 2. The lowest BCUT2D eigenvalue weighted by molar-refractivity contribution is 0.565. The summed E-state index contributed by atoms with van der Waals surface area (Å²) in [5.41, 5.74) is 7.22. The first-order valence-electron chi connectivity index (χ1n) is 11.7. The summed E-state index contributed by atoms with van der Waals surface area (Å²) in [7, 11) is 4.07. The first-order chi connectivity index (χ1) is 17.3. The Morgan fingerprint density at radius 1 is 0.972 bits per heavy atom. The van der Waals surface area contributed by atoms with E-state index in [4.69, 9.17) is 35.4 Å². The van der Waals surface area contributed by atoms with E-state index in [0.29, 0.717) is 15.2 Å². The van der Waals surface area contributed by atoms with Gasteiger partial charge in [-0.05, 0) is 86.2 Å². The number of halogens is 2. The molecule has 1 saturated heterocycles. The number of hydrogen-bond acceptors (Lipinski definition) is 3. The maximum Gasteiger partial charge on any atom is 0.174 e. The Morgan fingerprint density at radius 2 is 1.72 bits per heavy atom. The molecule has 2 atom stereocenters. The lowest BCUT2D eigenvalue weighted by Gasteiger charge is -2.28. The molecule has 184 valence electrons. The molecule has 36 heavy (non-hydrogen) atoms. The van der Waals surface area contributed by atoms with Crippen LogP contribution in [0.3, 0.4) is 0 Å². The number of nitrogens with one attached hydrogen (secondary N) is 1. The number of thiocarbonyl (C=S) groups is 1. The second kappa shape index (κ2) is 9.77. The van der Waals surface area contributed by atoms with E-state index in [1.807, 2.05) is 50.6 Å². The van der Waals surface area contributed by atoms with Crippen molar-refractivity contribution >= 4 is 51.9 Å². The Morgan fingerprint density at radius 3 is 2.39 bits per heavy atom. The summed E-state index contributed by atoms with van der Waals surface area (Å²) < 4.78 is 2.16. The molecule has 1 fully saturated rings. The van der Waals surface area contributed by atoms with E-state index in [0.717, 1.165) is 39.7 Å². The van der Waals surface area contributed by atoms with Crippen molar-refractivity contribution in [3.63, 3.8) is 0 Å². The fraction of sp³-hybridized carbons (Fsp3) is 0.214. The van der Waals surface area contributed by atoms with Gasteiger partial charge >= 0.3 is 0 Å². The van der Waals surface area contributed by atoms with E-state index in [1.165, 1.54) is 0 Å². The third-order valence-corrected chi connectivity index (χ3v) is 7.83. The van der Waals surface area contributed by atoms with Crippen molar-refractivity contribution in [3.05, 3.63) is 106 Å². The van der Waals surface area contributed by atoms with E-state index < -0.39 is 0 Å². The van der Waals surface area contributed by atoms with Gasteiger partial charge in [0.05, 0.1) is 33.5 Å². The minimum absolute atomic E-state index is 0.115. The van der Waals surface area contributed by atoms with Crippen LogP contribution >= 0.6 is 35.4 Å². The number of aromatic nitrogens is 2. The highest BCUT2D eigenvalue weighted by molar-refractivity contribution is 7.80. The molecule has 5 nitrogen and oxygen atoms in total. The predicted octanol–water partition coefficient (Wildman–Crippen LogP) is 7.04. The Balaban J connectivity index is 1.68. The highest BCUT2D eigenvalue weighted by Gasteiger charge is 2.42. The molecule has 0 unspecified atom stereocenters. The largest absolute Gasteiger partial charge is 0.378 e. The second-order valence-corrected chi connectivity index (χ2v) is 10.3. The van der Waals surface area contributed by atoms with Crippen molar-refractivity contribution in [1.82, 2.24) is 14.9 Å². The van der Waals surface area contributed by atoms with Gasteiger partial charge in [0.25, 0.3) is 0 Å². The molecule has 0 amide bonds. The van der Waals surface area contributed by atoms with Crippen molar-refractivity contribution in [2.24, 2.45) is 0 Å². The molecule has 0 aliphatic carbocycles. The summed E-state index contributed by atoms with van der Waals surface area (Å²) in [5.74, 6) is 0. The van der Waals surface area contributed by atoms with Gasteiger partial charge in [0.15, 0.2) is 5.11 Å². The van der Waals surface area contributed by atoms with Crippen LogP contribution in [-0.4, -0.2) is 28.8 Å². The zero-order valence-corrected chi connectivity index (χ0v) is 22.9. The molecular weight excluding hydrogens is 509 g/mol. The van der Waals surface area contributed by atoms with Gasteiger partial charge in [0.2, 0.25) is 0 Å². The number of anilines is 2. The van der Waals surface area contributed by atoms with Crippen molar-refractivity contribution in [2.45, 2.75) is 25.9 Å². The Labute approximate surface area is 227 Å². The first kappa shape index (κ1) is 24.6. The van der Waals surface area contributed by atoms with Gasteiger partial charge in [-0.1, -0.05) is 35.3 Å². The van der Waals surface area contributed by atoms with Crippen molar-refractivity contribution in [2.75, 3.05) is 23.9 Å². The molecule has 0 saturated carbocycles. The standard InChI is InChI=1S/C28H27Cl2N5S/c1-17-16-21(18(2)34(17)24-10-7-8-22(29)25(24)30)27-26(23-9-5-6-15-31-23)32-28(36)35(27)20-13-11-19(12-14-20)33(3)4/h5-16,26-27H,1-4H3,(H,32,36)/t26-,27+/m1/s1. The molecule has 0 spiro atoms. The number of rotatable bonds is 5. The summed E-state index contributed by atoms with van der Waals surface area (Å²) in [6.45, 7) is 4.20. The summed E-state index contributed by atoms with van der Waals surface area (Å²) in [6.07, 6.45) is 1.82. The lowest BCUT2D eigenvalue weighted by Crippen LogP contribution is -2.29. The smallest absolute Gasteiger partial charge is 0.174 e. The van der Waals surface area contributed by atoms with Crippen LogP contribution in [0.15, 0.2) is 72.9 Å². The Kier molecular flexibility index (Phi) is 6.68. The number of nitrogens with zero attached hydrogens (tertiary/aromatic N) is 4. The molecule has 2 aromatic heterocycles. The third-order valence-electron chi connectivity index (χ3n) is 6.70. The Bertz CT molecular complexity index is 1420. The third kappa shape index (κ3) is 4.23. The van der Waals surface area contributed by atoms with Gasteiger partial charge in [0.1, 0.15) is 0 Å². The van der Waals surface area contributed by atoms with E-state index >= 15 is 0 Å². The van der Waals surface area contributed by atoms with E-state index in [1.54, 1.807) is 6.07 Å².